The van der Waals surface area contributed by atoms with Gasteiger partial charge in [0.1, 0.15) is 35.3 Å². The summed E-state index contributed by atoms with van der Waals surface area (Å²) in [4.78, 5) is 19.0. The van der Waals surface area contributed by atoms with E-state index in [1.807, 2.05) is 6.07 Å². The quantitative estimate of drug-likeness (QED) is 0.293. The molecule has 2 aromatic rings. The first-order valence-corrected chi connectivity index (χ1v) is 15.3. The molecule has 0 amide bonds. The van der Waals surface area contributed by atoms with E-state index < -0.39 is 24.0 Å². The van der Waals surface area contributed by atoms with Crippen molar-refractivity contribution >= 4 is 11.8 Å². The van der Waals surface area contributed by atoms with Gasteiger partial charge in [0.25, 0.3) is 0 Å². The summed E-state index contributed by atoms with van der Waals surface area (Å²) >= 11 is 0. The number of alkyl halides is 1. The van der Waals surface area contributed by atoms with E-state index in [9.17, 15) is 14.3 Å². The lowest BCUT2D eigenvalue weighted by molar-refractivity contribution is -0.143. The van der Waals surface area contributed by atoms with Gasteiger partial charge in [-0.15, -0.1) is 0 Å². The van der Waals surface area contributed by atoms with Crippen LogP contribution in [0, 0.1) is 17.7 Å². The Balaban J connectivity index is 1.15. The summed E-state index contributed by atoms with van der Waals surface area (Å²) in [6.45, 7) is 3.43. The van der Waals surface area contributed by atoms with Gasteiger partial charge in [-0.05, 0) is 82.0 Å². The Morgan fingerprint density at radius 1 is 1.21 bits per heavy atom. The van der Waals surface area contributed by atoms with Crippen molar-refractivity contribution in [3.8, 4) is 11.5 Å². The second kappa shape index (κ2) is 14.5. The van der Waals surface area contributed by atoms with Gasteiger partial charge < -0.3 is 24.6 Å². The number of aliphatic carboxylic acids is 1. The molecule has 2 unspecified atom stereocenters. The van der Waals surface area contributed by atoms with Gasteiger partial charge >= 0.3 is 5.97 Å². The summed E-state index contributed by atoms with van der Waals surface area (Å²) < 4.78 is 46.7. The number of nitrogens with zero attached hydrogens (tertiary/aromatic N) is 2. The van der Waals surface area contributed by atoms with E-state index in [2.05, 4.69) is 5.32 Å². The van der Waals surface area contributed by atoms with Crippen molar-refractivity contribution in [3.05, 3.63) is 46.9 Å². The molecule has 0 spiro atoms. The van der Waals surface area contributed by atoms with E-state index in [-0.39, 0.29) is 11.5 Å². The molecule has 2 fully saturated rings. The first-order chi connectivity index (χ1) is 20.4. The van der Waals surface area contributed by atoms with E-state index in [1.165, 1.54) is 18.2 Å². The number of pyridine rings is 1. The zero-order valence-electron chi connectivity index (χ0n) is 24.5. The number of ether oxygens (including phenoxy) is 3. The molecule has 8 nitrogen and oxygen atoms in total. The molecule has 3 aliphatic heterocycles. The molecule has 0 radical (unpaired) electrons. The third kappa shape index (κ3) is 7.50. The molecular weight excluding hydrogens is 544 g/mol. The molecule has 10 heteroatoms. The molecule has 1 aromatic heterocycles. The number of rotatable bonds is 13. The molecule has 4 heterocycles. The summed E-state index contributed by atoms with van der Waals surface area (Å²) in [6, 6.07) is 4.94. The molecule has 230 valence electrons. The van der Waals surface area contributed by atoms with Crippen molar-refractivity contribution in [2.75, 3.05) is 51.9 Å². The molecule has 1 aromatic carbocycles. The van der Waals surface area contributed by atoms with Crippen LogP contribution in [0.25, 0.3) is 0 Å². The van der Waals surface area contributed by atoms with Gasteiger partial charge in [-0.2, -0.15) is 0 Å². The van der Waals surface area contributed by atoms with Gasteiger partial charge in [0, 0.05) is 55.1 Å². The number of nitrogens with one attached hydrogen (secondary N) is 1. The van der Waals surface area contributed by atoms with Crippen molar-refractivity contribution in [2.24, 2.45) is 11.8 Å². The number of carbonyl (C=O) groups is 1. The molecule has 3 atom stereocenters. The topological polar surface area (TPSA) is 93.2 Å². The highest BCUT2D eigenvalue weighted by Crippen LogP contribution is 2.37. The fourth-order valence-electron chi connectivity index (χ4n) is 6.47. The third-order valence-corrected chi connectivity index (χ3v) is 8.86. The van der Waals surface area contributed by atoms with Gasteiger partial charge in [-0.1, -0.05) is 6.42 Å². The molecular formula is C32H43F2N3O5. The van der Waals surface area contributed by atoms with Crippen LogP contribution in [0.15, 0.2) is 24.3 Å². The number of halogens is 2. The van der Waals surface area contributed by atoms with Gasteiger partial charge in [0.05, 0.1) is 13.7 Å². The van der Waals surface area contributed by atoms with Crippen LogP contribution in [0.1, 0.15) is 67.8 Å². The number of methoxy groups -OCH3 is 1. The normalized spacial score (nSPS) is 20.9. The lowest BCUT2D eigenvalue weighted by atomic mass is 9.97. The average molecular weight is 588 g/mol. The number of hydrogen-bond donors (Lipinski definition) is 2. The fourth-order valence-corrected chi connectivity index (χ4v) is 6.47. The fraction of sp³-hybridized carbons (Fsp3) is 0.625. The number of unbranched alkanes of at least 4 members (excludes halogenated alkanes) is 1. The Morgan fingerprint density at radius 2 is 2.05 bits per heavy atom. The third-order valence-electron chi connectivity index (χ3n) is 8.86. The number of carboxylic acid groups (broad SMARTS) is 1. The predicted molar refractivity (Wildman–Crippen MR) is 156 cm³/mol. The largest absolute Gasteiger partial charge is 0.496 e. The molecule has 0 saturated carbocycles. The predicted octanol–water partition coefficient (Wildman–Crippen LogP) is 5.59. The summed E-state index contributed by atoms with van der Waals surface area (Å²) in [5.41, 5.74) is 2.35. The summed E-state index contributed by atoms with van der Waals surface area (Å²) in [6.07, 6.45) is 5.96. The minimum atomic E-state index is -1.10. The zero-order valence-corrected chi connectivity index (χ0v) is 24.5. The molecule has 2 N–H and O–H groups in total. The number of likely N-dealkylation sites (tertiary alicyclic amines) is 1. The lowest BCUT2D eigenvalue weighted by Crippen LogP contribution is -2.34. The number of benzene rings is 1. The minimum absolute atomic E-state index is 0.266. The second-order valence-corrected chi connectivity index (χ2v) is 11.8. The van der Waals surface area contributed by atoms with Crippen LogP contribution in [-0.2, 0) is 22.4 Å². The van der Waals surface area contributed by atoms with E-state index in [1.54, 1.807) is 12.0 Å². The van der Waals surface area contributed by atoms with Crippen LogP contribution < -0.4 is 14.8 Å². The van der Waals surface area contributed by atoms with Crippen molar-refractivity contribution in [2.45, 2.75) is 70.0 Å². The maximum Gasteiger partial charge on any atom is 0.325 e. The van der Waals surface area contributed by atoms with Crippen molar-refractivity contribution in [3.63, 3.8) is 0 Å². The molecule has 2 saturated heterocycles. The monoisotopic (exact) mass is 587 g/mol. The first-order valence-electron chi connectivity index (χ1n) is 15.3. The maximum absolute atomic E-state index is 15.4. The SMILES string of the molecule is COc1cc(CCCCC(F)[C@@H]2CCN(C(C(=O)O)c3cc(F)ccc3OCC3CCOCC3)C2)nc2c1CCCN2. The number of carboxylic acids is 1. The van der Waals surface area contributed by atoms with Gasteiger partial charge in [0.15, 0.2) is 0 Å². The summed E-state index contributed by atoms with van der Waals surface area (Å²) in [5.74, 6) is 0.570. The standard InChI is InChI=1S/C32H43F2N3O5/c1-40-29-18-24(36-31-25(29)6-4-13-35-31)5-2-3-7-27(34)22-10-14-37(19-22)30(32(38)39)26-17-23(33)8-9-28(26)42-20-21-11-15-41-16-12-21/h8-9,17-18,21-22,27,30H,2-7,10-16,19-20H2,1H3,(H,35,36)(H,38,39)/t22-,27?,30?/m1/s1. The summed E-state index contributed by atoms with van der Waals surface area (Å²) in [7, 11) is 1.68. The highest BCUT2D eigenvalue weighted by molar-refractivity contribution is 5.77. The van der Waals surface area contributed by atoms with Crippen molar-refractivity contribution in [1.29, 1.82) is 0 Å². The van der Waals surface area contributed by atoms with Gasteiger partial charge in [0.2, 0.25) is 0 Å². The highest BCUT2D eigenvalue weighted by Gasteiger charge is 2.38. The first kappa shape index (κ1) is 30.5. The second-order valence-electron chi connectivity index (χ2n) is 11.8. The number of hydrogen-bond acceptors (Lipinski definition) is 7. The van der Waals surface area contributed by atoms with E-state index in [0.29, 0.717) is 63.8 Å². The molecule has 0 aliphatic carbocycles. The van der Waals surface area contributed by atoms with Crippen LogP contribution in [0.4, 0.5) is 14.6 Å². The smallest absolute Gasteiger partial charge is 0.325 e. The van der Waals surface area contributed by atoms with Crippen LogP contribution in [-0.4, -0.2) is 73.7 Å². The highest BCUT2D eigenvalue weighted by atomic mass is 19.1. The molecule has 42 heavy (non-hydrogen) atoms. The molecule has 0 bridgehead atoms. The Morgan fingerprint density at radius 3 is 2.83 bits per heavy atom. The Bertz CT molecular complexity index is 1190. The van der Waals surface area contributed by atoms with Crippen LogP contribution in [0.3, 0.4) is 0 Å². The van der Waals surface area contributed by atoms with E-state index in [0.717, 1.165) is 67.9 Å². The van der Waals surface area contributed by atoms with E-state index >= 15 is 4.39 Å². The van der Waals surface area contributed by atoms with Crippen molar-refractivity contribution in [1.82, 2.24) is 9.88 Å². The van der Waals surface area contributed by atoms with E-state index in [4.69, 9.17) is 19.2 Å². The van der Waals surface area contributed by atoms with Crippen LogP contribution in [0.5, 0.6) is 11.5 Å². The zero-order chi connectivity index (χ0) is 29.5. The van der Waals surface area contributed by atoms with Gasteiger partial charge in [-0.25, -0.2) is 13.8 Å². The number of aryl methyl sites for hydroxylation is 1. The molecule has 5 rings (SSSR count). The van der Waals surface area contributed by atoms with Gasteiger partial charge in [-0.3, -0.25) is 9.69 Å². The maximum atomic E-state index is 15.4. The Labute approximate surface area is 246 Å². The van der Waals surface area contributed by atoms with Crippen LogP contribution in [0.2, 0.25) is 0 Å². The number of fused-ring (bicyclic) bond motifs is 1. The average Bonchev–Trinajstić information content (AvgIpc) is 3.48. The molecule has 3 aliphatic rings. The number of aromatic nitrogens is 1. The van der Waals surface area contributed by atoms with Crippen molar-refractivity contribution < 1.29 is 32.9 Å². The Hall–Kier alpha value is -2.98. The number of anilines is 1. The minimum Gasteiger partial charge on any atom is -0.496 e. The summed E-state index contributed by atoms with van der Waals surface area (Å²) in [5, 5.41) is 13.5. The Kier molecular flexibility index (Phi) is 10.5. The lowest BCUT2D eigenvalue weighted by Gasteiger charge is -2.28. The van der Waals surface area contributed by atoms with Crippen LogP contribution >= 0.6 is 0 Å².